The molecular weight excluding hydrogens is 647 g/mol. The summed E-state index contributed by atoms with van der Waals surface area (Å²) < 4.78 is 6.98. The van der Waals surface area contributed by atoms with E-state index < -0.39 is 0 Å². The fourth-order valence-corrected chi connectivity index (χ4v) is 8.74. The number of nitrogens with zero attached hydrogens (tertiary/aromatic N) is 5. The van der Waals surface area contributed by atoms with E-state index in [-0.39, 0.29) is 0 Å². The minimum Gasteiger partial charge on any atom is -0.309 e. The third kappa shape index (κ3) is 3.91. The minimum absolute atomic E-state index is 0.826. The number of rotatable bonds is 3. The minimum atomic E-state index is 0.826. The quantitative estimate of drug-likeness (QED) is 0.187. The standard InChI is InChI=1S/C48H29N5/c1-2-14-31(15-3-1)51-42-23-11-7-17-33(42)38-28-30(26-27-44(38)51)37-29-39-34-18-8-12-24-43(34)52(46(39)35-19-5-4-16-32(35)37)48-50-40-21-9-6-20-36(40)47-49-41-22-10-13-25-45(41)53(47)48/h1-29H. The van der Waals surface area contributed by atoms with Crippen molar-refractivity contribution < 1.29 is 0 Å². The van der Waals surface area contributed by atoms with E-state index in [1.807, 2.05) is 0 Å². The molecule has 12 aromatic rings. The Morgan fingerprint density at radius 2 is 0.943 bits per heavy atom. The van der Waals surface area contributed by atoms with Crippen molar-refractivity contribution in [3.05, 3.63) is 176 Å². The van der Waals surface area contributed by atoms with Crippen LogP contribution in [0.5, 0.6) is 0 Å². The molecule has 0 aliphatic rings. The fraction of sp³-hybridized carbons (Fsp3) is 0. The average molecular weight is 676 g/mol. The number of aromatic nitrogens is 5. The van der Waals surface area contributed by atoms with Crippen LogP contribution in [0.3, 0.4) is 0 Å². The molecule has 0 bridgehead atoms. The number of fused-ring (bicyclic) bond motifs is 13. The average Bonchev–Trinajstić information content (AvgIpc) is 3.89. The maximum absolute atomic E-state index is 5.43. The van der Waals surface area contributed by atoms with Crippen molar-refractivity contribution in [2.75, 3.05) is 0 Å². The summed E-state index contributed by atoms with van der Waals surface area (Å²) in [6, 6.07) is 63.0. The van der Waals surface area contributed by atoms with E-state index in [0.29, 0.717) is 0 Å². The van der Waals surface area contributed by atoms with E-state index in [9.17, 15) is 0 Å². The van der Waals surface area contributed by atoms with Gasteiger partial charge in [-0.1, -0.05) is 109 Å². The Morgan fingerprint density at radius 1 is 0.358 bits per heavy atom. The molecule has 0 saturated heterocycles. The highest BCUT2D eigenvalue weighted by Gasteiger charge is 2.23. The van der Waals surface area contributed by atoms with Gasteiger partial charge in [-0.3, -0.25) is 8.97 Å². The molecule has 0 unspecified atom stereocenters. The van der Waals surface area contributed by atoms with Gasteiger partial charge in [0, 0.05) is 38.0 Å². The summed E-state index contributed by atoms with van der Waals surface area (Å²) in [5, 5.41) is 8.26. The van der Waals surface area contributed by atoms with Crippen LogP contribution in [0.2, 0.25) is 0 Å². The number of imidazole rings is 1. The van der Waals surface area contributed by atoms with Crippen LogP contribution in [0.4, 0.5) is 0 Å². The molecule has 12 rings (SSSR count). The van der Waals surface area contributed by atoms with Gasteiger partial charge in [0.15, 0.2) is 0 Å². The Kier molecular flexibility index (Phi) is 5.71. The summed E-state index contributed by atoms with van der Waals surface area (Å²) >= 11 is 0. The Labute approximate surface area is 303 Å². The van der Waals surface area contributed by atoms with Gasteiger partial charge in [-0.2, -0.15) is 0 Å². The summed E-state index contributed by atoms with van der Waals surface area (Å²) in [7, 11) is 0. The van der Waals surface area contributed by atoms with Gasteiger partial charge in [0.25, 0.3) is 0 Å². The highest BCUT2D eigenvalue weighted by atomic mass is 15.2. The molecule has 53 heavy (non-hydrogen) atoms. The summed E-state index contributed by atoms with van der Waals surface area (Å²) in [5.41, 5.74) is 12.0. The van der Waals surface area contributed by atoms with Gasteiger partial charge < -0.3 is 4.57 Å². The molecule has 0 aliphatic heterocycles. The van der Waals surface area contributed by atoms with E-state index in [2.05, 4.69) is 189 Å². The number of benzene rings is 8. The highest BCUT2D eigenvalue weighted by Crippen LogP contribution is 2.43. The molecule has 246 valence electrons. The van der Waals surface area contributed by atoms with Gasteiger partial charge in [0.1, 0.15) is 5.65 Å². The second kappa shape index (κ2) is 10.6. The summed E-state index contributed by atoms with van der Waals surface area (Å²) in [6.07, 6.45) is 0. The van der Waals surface area contributed by atoms with Crippen LogP contribution in [-0.4, -0.2) is 23.5 Å². The van der Waals surface area contributed by atoms with E-state index in [0.717, 1.165) is 50.3 Å². The number of para-hydroxylation sites is 6. The monoisotopic (exact) mass is 675 g/mol. The second-order valence-corrected chi connectivity index (χ2v) is 13.8. The predicted octanol–water partition coefficient (Wildman–Crippen LogP) is 12.1. The molecule has 0 atom stereocenters. The predicted molar refractivity (Wildman–Crippen MR) is 220 cm³/mol. The lowest BCUT2D eigenvalue weighted by atomic mass is 9.94. The van der Waals surface area contributed by atoms with Crippen LogP contribution in [0.1, 0.15) is 0 Å². The van der Waals surface area contributed by atoms with Crippen LogP contribution >= 0.6 is 0 Å². The number of hydrogen-bond acceptors (Lipinski definition) is 2. The first-order valence-corrected chi connectivity index (χ1v) is 18.0. The molecule has 8 aromatic carbocycles. The lowest BCUT2D eigenvalue weighted by Crippen LogP contribution is -2.06. The van der Waals surface area contributed by atoms with E-state index in [1.165, 1.54) is 54.5 Å². The van der Waals surface area contributed by atoms with Crippen molar-refractivity contribution in [1.29, 1.82) is 0 Å². The molecule has 5 heteroatoms. The molecule has 0 amide bonds. The summed E-state index contributed by atoms with van der Waals surface area (Å²) in [5.74, 6) is 0.826. The molecule has 5 nitrogen and oxygen atoms in total. The number of hydrogen-bond donors (Lipinski definition) is 0. The molecule has 0 radical (unpaired) electrons. The van der Waals surface area contributed by atoms with Crippen molar-refractivity contribution in [3.8, 4) is 22.8 Å². The van der Waals surface area contributed by atoms with Crippen molar-refractivity contribution in [1.82, 2.24) is 23.5 Å². The van der Waals surface area contributed by atoms with Gasteiger partial charge in [0.05, 0.1) is 38.6 Å². The molecule has 4 heterocycles. The normalized spacial score (nSPS) is 12.2. The van der Waals surface area contributed by atoms with Crippen LogP contribution in [0.15, 0.2) is 176 Å². The van der Waals surface area contributed by atoms with Crippen molar-refractivity contribution in [2.45, 2.75) is 0 Å². The molecule has 4 aromatic heterocycles. The SMILES string of the molecule is c1ccc(-n2c3ccccc3c3cc(-c4cc5c6ccccc6n(-c6nc7ccccc7c7nc8ccccc8n67)c5c5ccccc45)ccc32)cc1. The Morgan fingerprint density at radius 3 is 1.74 bits per heavy atom. The van der Waals surface area contributed by atoms with Crippen LogP contribution in [0, 0.1) is 0 Å². The first kappa shape index (κ1) is 28.5. The maximum Gasteiger partial charge on any atom is 0.221 e. The molecule has 0 spiro atoms. The van der Waals surface area contributed by atoms with Crippen molar-refractivity contribution in [2.24, 2.45) is 0 Å². The topological polar surface area (TPSA) is 40.0 Å². The molecule has 0 aliphatic carbocycles. The van der Waals surface area contributed by atoms with Gasteiger partial charge >= 0.3 is 0 Å². The zero-order valence-corrected chi connectivity index (χ0v) is 28.5. The lowest BCUT2D eigenvalue weighted by molar-refractivity contribution is 0.982. The van der Waals surface area contributed by atoms with Crippen molar-refractivity contribution in [3.63, 3.8) is 0 Å². The Bertz CT molecular complexity index is 3460. The van der Waals surface area contributed by atoms with Crippen LogP contribution in [-0.2, 0) is 0 Å². The van der Waals surface area contributed by atoms with Gasteiger partial charge in [-0.05, 0) is 83.2 Å². The summed E-state index contributed by atoms with van der Waals surface area (Å²) in [4.78, 5) is 10.6. The van der Waals surface area contributed by atoms with Gasteiger partial charge in [-0.25, -0.2) is 9.97 Å². The van der Waals surface area contributed by atoms with Gasteiger partial charge in [0.2, 0.25) is 5.95 Å². The molecular formula is C48H29N5. The Balaban J connectivity index is 1.20. The first-order chi connectivity index (χ1) is 26.3. The smallest absolute Gasteiger partial charge is 0.221 e. The summed E-state index contributed by atoms with van der Waals surface area (Å²) in [6.45, 7) is 0. The largest absolute Gasteiger partial charge is 0.309 e. The second-order valence-electron chi connectivity index (χ2n) is 13.8. The molecule has 0 N–H and O–H groups in total. The zero-order valence-electron chi connectivity index (χ0n) is 28.5. The molecule has 0 saturated carbocycles. The maximum atomic E-state index is 5.43. The first-order valence-electron chi connectivity index (χ1n) is 18.0. The van der Waals surface area contributed by atoms with Crippen molar-refractivity contribution >= 4 is 82.0 Å². The van der Waals surface area contributed by atoms with Gasteiger partial charge in [-0.15, -0.1) is 0 Å². The van der Waals surface area contributed by atoms with Crippen LogP contribution in [0.25, 0.3) is 105 Å². The third-order valence-corrected chi connectivity index (χ3v) is 11.0. The lowest BCUT2D eigenvalue weighted by Gasteiger charge is -2.15. The highest BCUT2D eigenvalue weighted by molar-refractivity contribution is 6.22. The Hall–Kier alpha value is -7.24. The molecule has 0 fully saturated rings. The van der Waals surface area contributed by atoms with E-state index in [4.69, 9.17) is 9.97 Å². The fourth-order valence-electron chi connectivity index (χ4n) is 8.74. The van der Waals surface area contributed by atoms with Crippen LogP contribution < -0.4 is 0 Å². The zero-order chi connectivity index (χ0) is 34.6. The van der Waals surface area contributed by atoms with E-state index in [1.54, 1.807) is 0 Å². The third-order valence-electron chi connectivity index (χ3n) is 11.0. The van der Waals surface area contributed by atoms with E-state index >= 15 is 0 Å².